The maximum absolute atomic E-state index is 13.3. The Morgan fingerprint density at radius 1 is 1.21 bits per heavy atom. The van der Waals surface area contributed by atoms with Crippen molar-refractivity contribution in [2.24, 2.45) is 0 Å². The van der Waals surface area contributed by atoms with Crippen molar-refractivity contribution >= 4 is 33.2 Å². The van der Waals surface area contributed by atoms with Crippen molar-refractivity contribution in [1.29, 1.82) is 0 Å². The van der Waals surface area contributed by atoms with E-state index in [9.17, 15) is 4.39 Å². The van der Waals surface area contributed by atoms with E-state index in [4.69, 9.17) is 11.6 Å². The van der Waals surface area contributed by atoms with Gasteiger partial charge in [-0.25, -0.2) is 4.39 Å². The average molecular weight is 343 g/mol. The van der Waals surface area contributed by atoms with E-state index >= 15 is 0 Å². The maximum Gasteiger partial charge on any atom is 0.125 e. The largest absolute Gasteiger partial charge is 0.367 e. The van der Waals surface area contributed by atoms with Gasteiger partial charge in [0.15, 0.2) is 0 Å². The summed E-state index contributed by atoms with van der Waals surface area (Å²) in [6, 6.07) is 12.4. The summed E-state index contributed by atoms with van der Waals surface area (Å²) in [5.74, 6) is -0.224. The minimum absolute atomic E-state index is 0.224. The first kappa shape index (κ1) is 14.4. The van der Waals surface area contributed by atoms with E-state index in [-0.39, 0.29) is 5.82 Å². The average Bonchev–Trinajstić information content (AvgIpc) is 2.38. The van der Waals surface area contributed by atoms with Gasteiger partial charge >= 0.3 is 0 Å². The molecule has 0 saturated carbocycles. The molecule has 0 unspecified atom stereocenters. The summed E-state index contributed by atoms with van der Waals surface area (Å²) in [7, 11) is 0. The van der Waals surface area contributed by atoms with Crippen LogP contribution in [0, 0.1) is 5.82 Å². The molecule has 0 bridgehead atoms. The van der Waals surface area contributed by atoms with Gasteiger partial charge in [-0.1, -0.05) is 39.7 Å². The van der Waals surface area contributed by atoms with Gasteiger partial charge in [0.25, 0.3) is 0 Å². The number of halogens is 3. The Kier molecular flexibility index (Phi) is 4.83. The summed E-state index contributed by atoms with van der Waals surface area (Å²) < 4.78 is 14.2. The number of benzene rings is 2. The Balaban J connectivity index is 2.24. The van der Waals surface area contributed by atoms with Gasteiger partial charge in [0, 0.05) is 28.3 Å². The summed E-state index contributed by atoms with van der Waals surface area (Å²) in [6.07, 6.45) is 0. The molecule has 0 amide bonds. The molecule has 4 heteroatoms. The molecule has 0 aliphatic rings. The molecule has 19 heavy (non-hydrogen) atoms. The first-order valence-electron chi connectivity index (χ1n) is 6.04. The molecule has 1 nitrogen and oxygen atoms in total. The van der Waals surface area contributed by atoms with Crippen molar-refractivity contribution in [3.8, 4) is 0 Å². The molecule has 0 N–H and O–H groups in total. The van der Waals surface area contributed by atoms with E-state index in [1.165, 1.54) is 12.1 Å². The molecule has 2 aromatic carbocycles. The Morgan fingerprint density at radius 2 is 2.00 bits per heavy atom. The standard InChI is InChI=1S/C15H14BrClFN/c1-2-19(14-5-3-4-13(18)9-14)10-11-6-7-12(16)8-15(11)17/h3-9H,2,10H2,1H3. The second-order valence-electron chi connectivity index (χ2n) is 4.23. The first-order valence-corrected chi connectivity index (χ1v) is 7.21. The summed E-state index contributed by atoms with van der Waals surface area (Å²) in [5, 5.41) is 0.712. The molecule has 0 aliphatic carbocycles. The quantitative estimate of drug-likeness (QED) is 0.732. The third kappa shape index (κ3) is 3.71. The van der Waals surface area contributed by atoms with E-state index in [2.05, 4.69) is 20.8 Å². The minimum Gasteiger partial charge on any atom is -0.367 e. The fourth-order valence-electron chi connectivity index (χ4n) is 1.91. The smallest absolute Gasteiger partial charge is 0.125 e. The Hall–Kier alpha value is -1.06. The van der Waals surface area contributed by atoms with Gasteiger partial charge in [0.2, 0.25) is 0 Å². The second kappa shape index (κ2) is 6.40. The van der Waals surface area contributed by atoms with Crippen LogP contribution in [0.25, 0.3) is 0 Å². The van der Waals surface area contributed by atoms with E-state index in [1.54, 1.807) is 6.07 Å². The van der Waals surface area contributed by atoms with E-state index < -0.39 is 0 Å². The maximum atomic E-state index is 13.3. The molecule has 0 saturated heterocycles. The number of rotatable bonds is 4. The van der Waals surface area contributed by atoms with Crippen LogP contribution >= 0.6 is 27.5 Å². The zero-order chi connectivity index (χ0) is 13.8. The van der Waals surface area contributed by atoms with Gasteiger partial charge in [0.05, 0.1) is 0 Å². The highest BCUT2D eigenvalue weighted by molar-refractivity contribution is 9.10. The Labute approximate surface area is 126 Å². The molecule has 0 aromatic heterocycles. The summed E-state index contributed by atoms with van der Waals surface area (Å²) >= 11 is 9.60. The molecule has 0 radical (unpaired) electrons. The topological polar surface area (TPSA) is 3.24 Å². The lowest BCUT2D eigenvalue weighted by Crippen LogP contribution is -2.22. The molecular weight excluding hydrogens is 329 g/mol. The highest BCUT2D eigenvalue weighted by Gasteiger charge is 2.09. The van der Waals surface area contributed by atoms with Gasteiger partial charge in [-0.05, 0) is 42.8 Å². The fraction of sp³-hybridized carbons (Fsp3) is 0.200. The zero-order valence-corrected chi connectivity index (χ0v) is 12.9. The van der Waals surface area contributed by atoms with Crippen molar-refractivity contribution in [1.82, 2.24) is 0 Å². The third-order valence-corrected chi connectivity index (χ3v) is 3.78. The SMILES string of the molecule is CCN(Cc1ccc(Br)cc1Cl)c1cccc(F)c1. The minimum atomic E-state index is -0.224. The van der Waals surface area contributed by atoms with Crippen LogP contribution in [0.3, 0.4) is 0 Å². The van der Waals surface area contributed by atoms with Crippen LogP contribution in [-0.4, -0.2) is 6.54 Å². The Morgan fingerprint density at radius 3 is 2.63 bits per heavy atom. The van der Waals surface area contributed by atoms with Gasteiger partial charge in [-0.3, -0.25) is 0 Å². The van der Waals surface area contributed by atoms with Crippen LogP contribution in [0.4, 0.5) is 10.1 Å². The highest BCUT2D eigenvalue weighted by Crippen LogP contribution is 2.25. The summed E-state index contributed by atoms with van der Waals surface area (Å²) in [4.78, 5) is 2.08. The normalized spacial score (nSPS) is 10.5. The number of anilines is 1. The number of hydrogen-bond acceptors (Lipinski definition) is 1. The van der Waals surface area contributed by atoms with Crippen LogP contribution in [0.1, 0.15) is 12.5 Å². The lowest BCUT2D eigenvalue weighted by Gasteiger charge is -2.23. The number of hydrogen-bond donors (Lipinski definition) is 0. The van der Waals surface area contributed by atoms with Crippen molar-refractivity contribution in [2.75, 3.05) is 11.4 Å². The monoisotopic (exact) mass is 341 g/mol. The lowest BCUT2D eigenvalue weighted by molar-refractivity contribution is 0.626. The van der Waals surface area contributed by atoms with Crippen LogP contribution < -0.4 is 4.90 Å². The molecule has 0 atom stereocenters. The second-order valence-corrected chi connectivity index (χ2v) is 5.55. The third-order valence-electron chi connectivity index (χ3n) is 2.93. The molecule has 0 spiro atoms. The van der Waals surface area contributed by atoms with Crippen molar-refractivity contribution in [2.45, 2.75) is 13.5 Å². The van der Waals surface area contributed by atoms with Crippen LogP contribution in [0.2, 0.25) is 5.02 Å². The molecule has 2 rings (SSSR count). The van der Waals surface area contributed by atoms with Crippen LogP contribution in [0.5, 0.6) is 0 Å². The van der Waals surface area contributed by atoms with Crippen molar-refractivity contribution < 1.29 is 4.39 Å². The molecule has 0 aliphatic heterocycles. The van der Waals surface area contributed by atoms with Crippen molar-refractivity contribution in [3.63, 3.8) is 0 Å². The van der Waals surface area contributed by atoms with Gasteiger partial charge in [-0.2, -0.15) is 0 Å². The molecular formula is C15H14BrClFN. The number of nitrogens with zero attached hydrogens (tertiary/aromatic N) is 1. The van der Waals surface area contributed by atoms with Gasteiger partial charge in [0.1, 0.15) is 5.82 Å². The van der Waals surface area contributed by atoms with Crippen molar-refractivity contribution in [3.05, 3.63) is 63.3 Å². The molecule has 0 heterocycles. The van der Waals surface area contributed by atoms with Crippen LogP contribution in [-0.2, 0) is 6.54 Å². The van der Waals surface area contributed by atoms with E-state index in [0.29, 0.717) is 11.6 Å². The summed E-state index contributed by atoms with van der Waals surface area (Å²) in [5.41, 5.74) is 1.89. The molecule has 100 valence electrons. The zero-order valence-electron chi connectivity index (χ0n) is 10.5. The first-order chi connectivity index (χ1) is 9.10. The van der Waals surface area contributed by atoms with Gasteiger partial charge < -0.3 is 4.90 Å². The van der Waals surface area contributed by atoms with E-state index in [0.717, 1.165) is 22.3 Å². The predicted molar refractivity (Wildman–Crippen MR) is 82.3 cm³/mol. The van der Waals surface area contributed by atoms with E-state index in [1.807, 2.05) is 31.2 Å². The lowest BCUT2D eigenvalue weighted by atomic mass is 10.2. The Bertz CT molecular complexity index is 574. The highest BCUT2D eigenvalue weighted by atomic mass is 79.9. The molecule has 2 aromatic rings. The predicted octanol–water partition coefficient (Wildman–Crippen LogP) is 5.27. The van der Waals surface area contributed by atoms with Gasteiger partial charge in [-0.15, -0.1) is 0 Å². The van der Waals surface area contributed by atoms with Crippen LogP contribution in [0.15, 0.2) is 46.9 Å². The molecule has 0 fully saturated rings. The fourth-order valence-corrected chi connectivity index (χ4v) is 2.65. The summed E-state index contributed by atoms with van der Waals surface area (Å²) in [6.45, 7) is 3.49.